The van der Waals surface area contributed by atoms with Crippen LogP contribution in [0.5, 0.6) is 0 Å². The first kappa shape index (κ1) is 23.7. The first-order valence-corrected chi connectivity index (χ1v) is 8.84. The lowest BCUT2D eigenvalue weighted by molar-refractivity contribution is -0.144. The molecule has 0 spiro atoms. The Morgan fingerprint density at radius 3 is 1.77 bits per heavy atom. The van der Waals surface area contributed by atoms with Crippen molar-refractivity contribution in [3.8, 4) is 0 Å². The Hall–Kier alpha value is -0.610. The van der Waals surface area contributed by atoms with Crippen molar-refractivity contribution in [2.45, 2.75) is 103 Å². The molecular formula is C18H39NO3. The van der Waals surface area contributed by atoms with Crippen molar-refractivity contribution in [1.29, 1.82) is 0 Å². The first-order valence-electron chi connectivity index (χ1n) is 8.84. The number of carboxylic acid groups (broad SMARTS) is 1. The summed E-state index contributed by atoms with van der Waals surface area (Å²) in [4.78, 5) is 10.7. The summed E-state index contributed by atoms with van der Waals surface area (Å²) in [5, 5.41) is 18.9. The average Bonchev–Trinajstić information content (AvgIpc) is 2.39. The Balaban J connectivity index is 0. The van der Waals surface area contributed by atoms with Gasteiger partial charge in [0.2, 0.25) is 0 Å². The van der Waals surface area contributed by atoms with Gasteiger partial charge in [0.25, 0.3) is 0 Å². The van der Waals surface area contributed by atoms with Gasteiger partial charge in [-0.15, -0.1) is 0 Å². The van der Waals surface area contributed by atoms with Gasteiger partial charge in [0.1, 0.15) is 0 Å². The number of hydrogen-bond acceptors (Lipinski definition) is 3. The van der Waals surface area contributed by atoms with E-state index in [1.54, 1.807) is 6.92 Å². The summed E-state index contributed by atoms with van der Waals surface area (Å²) < 4.78 is 0. The highest BCUT2D eigenvalue weighted by Gasteiger charge is 2.30. The largest absolute Gasteiger partial charge is 0.481 e. The Morgan fingerprint density at radius 2 is 1.36 bits per heavy atom. The van der Waals surface area contributed by atoms with Gasteiger partial charge in [0.05, 0.1) is 12.0 Å². The van der Waals surface area contributed by atoms with Crippen molar-refractivity contribution < 1.29 is 15.0 Å². The quantitative estimate of drug-likeness (QED) is 0.378. The van der Waals surface area contributed by atoms with Crippen LogP contribution in [0.25, 0.3) is 0 Å². The van der Waals surface area contributed by atoms with Gasteiger partial charge in [-0.05, 0) is 19.3 Å². The molecule has 4 nitrogen and oxygen atoms in total. The van der Waals surface area contributed by atoms with Crippen LogP contribution in [-0.4, -0.2) is 21.8 Å². The summed E-state index contributed by atoms with van der Waals surface area (Å²) in [6.07, 6.45) is 13.8. The van der Waals surface area contributed by atoms with Crippen LogP contribution in [0.4, 0.5) is 0 Å². The van der Waals surface area contributed by atoms with E-state index >= 15 is 0 Å². The second kappa shape index (κ2) is 14.0. The van der Waals surface area contributed by atoms with Crippen LogP contribution < -0.4 is 6.15 Å². The molecule has 0 saturated carbocycles. The van der Waals surface area contributed by atoms with Crippen LogP contribution in [0.3, 0.4) is 0 Å². The van der Waals surface area contributed by atoms with Gasteiger partial charge >= 0.3 is 5.97 Å². The topological polar surface area (TPSA) is 92.5 Å². The van der Waals surface area contributed by atoms with Gasteiger partial charge in [0, 0.05) is 0 Å². The summed E-state index contributed by atoms with van der Waals surface area (Å²) in [5.74, 6) is -0.877. The molecule has 0 saturated heterocycles. The number of aliphatic carboxylic acids is 1. The van der Waals surface area contributed by atoms with Crippen molar-refractivity contribution in [2.24, 2.45) is 5.92 Å². The van der Waals surface area contributed by atoms with Crippen molar-refractivity contribution >= 4 is 5.97 Å². The number of rotatable bonds is 14. The minimum Gasteiger partial charge on any atom is -0.481 e. The Bertz CT molecular complexity index is 267. The predicted molar refractivity (Wildman–Crippen MR) is 93.5 cm³/mol. The molecule has 0 aliphatic heterocycles. The van der Waals surface area contributed by atoms with Crippen molar-refractivity contribution in [3.63, 3.8) is 0 Å². The van der Waals surface area contributed by atoms with E-state index < -0.39 is 11.6 Å². The van der Waals surface area contributed by atoms with Gasteiger partial charge in [-0.25, -0.2) is 0 Å². The zero-order valence-electron chi connectivity index (χ0n) is 15.1. The maximum absolute atomic E-state index is 10.7. The highest BCUT2D eigenvalue weighted by molar-refractivity contribution is 5.68. The van der Waals surface area contributed by atoms with Gasteiger partial charge in [-0.3, -0.25) is 4.79 Å². The third-order valence-corrected chi connectivity index (χ3v) is 4.56. The van der Waals surface area contributed by atoms with Gasteiger partial charge in [0.15, 0.2) is 0 Å². The molecule has 2 atom stereocenters. The number of aliphatic hydroxyl groups is 1. The molecule has 22 heavy (non-hydrogen) atoms. The maximum Gasteiger partial charge on any atom is 0.306 e. The predicted octanol–water partition coefficient (Wildman–Crippen LogP) is 5.32. The molecule has 0 amide bonds. The van der Waals surface area contributed by atoms with Crippen LogP contribution in [0, 0.1) is 5.92 Å². The summed E-state index contributed by atoms with van der Waals surface area (Å²) >= 11 is 0. The van der Waals surface area contributed by atoms with E-state index in [0.717, 1.165) is 12.8 Å². The number of hydrogen-bond donors (Lipinski definition) is 3. The molecule has 0 aliphatic rings. The summed E-state index contributed by atoms with van der Waals surface area (Å²) in [7, 11) is 0. The number of carbonyl (C=O) groups is 1. The lowest BCUT2D eigenvalue weighted by Gasteiger charge is -2.28. The fourth-order valence-corrected chi connectivity index (χ4v) is 2.73. The second-order valence-corrected chi connectivity index (χ2v) is 6.80. The van der Waals surface area contributed by atoms with Crippen LogP contribution in [0.1, 0.15) is 97.8 Å². The number of unbranched alkanes of at least 4 members (excludes halogenated alkanes) is 9. The molecule has 0 bridgehead atoms. The van der Waals surface area contributed by atoms with E-state index in [1.165, 1.54) is 57.8 Å². The van der Waals surface area contributed by atoms with Crippen LogP contribution in [0.2, 0.25) is 0 Å². The molecule has 0 aliphatic carbocycles. The van der Waals surface area contributed by atoms with Gasteiger partial charge in [-0.2, -0.15) is 0 Å². The zero-order chi connectivity index (χ0) is 16.1. The van der Waals surface area contributed by atoms with Crippen molar-refractivity contribution in [2.75, 3.05) is 0 Å². The average molecular weight is 318 g/mol. The Kier molecular flexibility index (Phi) is 15.1. The molecule has 134 valence electrons. The molecule has 0 rings (SSSR count). The van der Waals surface area contributed by atoms with Crippen molar-refractivity contribution in [3.05, 3.63) is 0 Å². The van der Waals surface area contributed by atoms with Crippen LogP contribution >= 0.6 is 0 Å². The molecule has 4 heteroatoms. The lowest BCUT2D eigenvalue weighted by Crippen LogP contribution is -2.35. The Morgan fingerprint density at radius 1 is 0.955 bits per heavy atom. The van der Waals surface area contributed by atoms with Gasteiger partial charge < -0.3 is 16.4 Å². The third kappa shape index (κ3) is 13.1. The van der Waals surface area contributed by atoms with Crippen LogP contribution in [-0.2, 0) is 4.79 Å². The highest BCUT2D eigenvalue weighted by atomic mass is 16.4. The fraction of sp³-hybridized carbons (Fsp3) is 0.944. The Labute approximate surface area is 137 Å². The van der Waals surface area contributed by atoms with Crippen LogP contribution in [0.15, 0.2) is 0 Å². The van der Waals surface area contributed by atoms with E-state index in [9.17, 15) is 9.90 Å². The summed E-state index contributed by atoms with van der Waals surface area (Å²) in [6.45, 7) is 5.84. The third-order valence-electron chi connectivity index (χ3n) is 4.56. The second-order valence-electron chi connectivity index (χ2n) is 6.80. The smallest absolute Gasteiger partial charge is 0.306 e. The van der Waals surface area contributed by atoms with E-state index in [2.05, 4.69) is 6.92 Å². The standard InChI is InChI=1S/C18H36O3.H3N/c1-4-5-6-7-8-9-10-11-12-13-14-16(2)18(3,21)15-17(19)20;/h16,21H,4-15H2,1-3H3,(H,19,20);1H3. The molecule has 0 aromatic heterocycles. The normalized spacial score (nSPS) is 14.9. The molecule has 0 aromatic carbocycles. The molecule has 0 fully saturated rings. The first-order chi connectivity index (χ1) is 9.90. The summed E-state index contributed by atoms with van der Waals surface area (Å²) in [5.41, 5.74) is -1.08. The van der Waals surface area contributed by atoms with E-state index in [0.29, 0.717) is 0 Å². The summed E-state index contributed by atoms with van der Waals surface area (Å²) in [6, 6.07) is 0. The molecule has 0 heterocycles. The monoisotopic (exact) mass is 317 g/mol. The molecule has 2 unspecified atom stereocenters. The molecule has 0 aromatic rings. The maximum atomic E-state index is 10.7. The highest BCUT2D eigenvalue weighted by Crippen LogP contribution is 2.26. The SMILES string of the molecule is CCCCCCCCCCCCC(C)C(C)(O)CC(=O)O.N. The lowest BCUT2D eigenvalue weighted by atomic mass is 9.84. The minimum atomic E-state index is -1.08. The minimum absolute atomic E-state index is 0. The number of carboxylic acids is 1. The molecule has 0 radical (unpaired) electrons. The van der Waals surface area contributed by atoms with E-state index in [-0.39, 0.29) is 18.5 Å². The van der Waals surface area contributed by atoms with E-state index in [1.807, 2.05) is 6.92 Å². The zero-order valence-corrected chi connectivity index (χ0v) is 15.1. The van der Waals surface area contributed by atoms with Crippen molar-refractivity contribution in [1.82, 2.24) is 6.15 Å². The van der Waals surface area contributed by atoms with Gasteiger partial charge in [-0.1, -0.05) is 78.1 Å². The van der Waals surface area contributed by atoms with E-state index in [4.69, 9.17) is 5.11 Å². The molecule has 5 N–H and O–H groups in total. The molecular weight excluding hydrogens is 278 g/mol. The fourth-order valence-electron chi connectivity index (χ4n) is 2.73.